The monoisotopic (exact) mass is 280 g/mol. The topological polar surface area (TPSA) is 42.7 Å². The van der Waals surface area contributed by atoms with Gasteiger partial charge in [0.15, 0.2) is 0 Å². The highest BCUT2D eigenvalue weighted by molar-refractivity contribution is 5.83. The third kappa shape index (κ3) is 2.43. The van der Waals surface area contributed by atoms with E-state index in [1.807, 2.05) is 32.4 Å². The molecule has 21 heavy (non-hydrogen) atoms. The minimum absolute atomic E-state index is 0.0616. The standard InChI is InChI=1S/C17H20N4/c1-4-21-10-9-19-17(21)16(18-3)14-11-12(2)20-15-8-6-5-7-13(14)15/h5-11,16,18H,4H2,1-3H3. The summed E-state index contributed by atoms with van der Waals surface area (Å²) in [5.74, 6) is 1.04. The van der Waals surface area contributed by atoms with E-state index in [0.717, 1.165) is 23.6 Å². The zero-order valence-electron chi connectivity index (χ0n) is 12.7. The van der Waals surface area contributed by atoms with E-state index in [9.17, 15) is 0 Å². The maximum absolute atomic E-state index is 4.62. The van der Waals surface area contributed by atoms with E-state index < -0.39 is 0 Å². The van der Waals surface area contributed by atoms with Crippen LogP contribution in [0, 0.1) is 6.92 Å². The van der Waals surface area contributed by atoms with Crippen LogP contribution in [0.2, 0.25) is 0 Å². The molecule has 3 rings (SSSR count). The van der Waals surface area contributed by atoms with Crippen molar-refractivity contribution in [3.05, 3.63) is 59.8 Å². The number of benzene rings is 1. The highest BCUT2D eigenvalue weighted by atomic mass is 15.1. The normalized spacial score (nSPS) is 12.7. The van der Waals surface area contributed by atoms with Crippen molar-refractivity contribution in [1.82, 2.24) is 19.9 Å². The fraction of sp³-hybridized carbons (Fsp3) is 0.294. The Balaban J connectivity index is 2.22. The lowest BCUT2D eigenvalue weighted by Crippen LogP contribution is -2.22. The van der Waals surface area contributed by atoms with Crippen LogP contribution in [0.5, 0.6) is 0 Å². The molecule has 0 fully saturated rings. The second kappa shape index (κ2) is 5.66. The van der Waals surface area contributed by atoms with E-state index in [1.54, 1.807) is 0 Å². The second-order valence-corrected chi connectivity index (χ2v) is 5.16. The van der Waals surface area contributed by atoms with Crippen LogP contribution in [0.25, 0.3) is 10.9 Å². The first kappa shape index (κ1) is 13.8. The van der Waals surface area contributed by atoms with Crippen LogP contribution in [0.3, 0.4) is 0 Å². The predicted molar refractivity (Wildman–Crippen MR) is 85.3 cm³/mol. The van der Waals surface area contributed by atoms with Gasteiger partial charge < -0.3 is 9.88 Å². The lowest BCUT2D eigenvalue weighted by Gasteiger charge is -2.19. The number of imidazole rings is 1. The molecule has 108 valence electrons. The molecule has 2 heterocycles. The molecule has 0 saturated heterocycles. The van der Waals surface area contributed by atoms with Gasteiger partial charge in [-0.25, -0.2) is 4.98 Å². The minimum Gasteiger partial charge on any atom is -0.334 e. The average Bonchev–Trinajstić information content (AvgIpc) is 2.96. The Labute approximate surface area is 124 Å². The minimum atomic E-state index is 0.0616. The Morgan fingerprint density at radius 3 is 2.86 bits per heavy atom. The number of pyridine rings is 1. The van der Waals surface area contributed by atoms with Crippen LogP contribution in [-0.2, 0) is 6.54 Å². The van der Waals surface area contributed by atoms with Crippen molar-refractivity contribution in [2.45, 2.75) is 26.4 Å². The highest BCUT2D eigenvalue weighted by Crippen LogP contribution is 2.28. The summed E-state index contributed by atoms with van der Waals surface area (Å²) in [6.45, 7) is 5.08. The lowest BCUT2D eigenvalue weighted by molar-refractivity contribution is 0.592. The molecule has 4 heteroatoms. The molecule has 1 N–H and O–H groups in total. The van der Waals surface area contributed by atoms with E-state index >= 15 is 0 Å². The van der Waals surface area contributed by atoms with Crippen LogP contribution in [0.1, 0.15) is 30.0 Å². The molecule has 4 nitrogen and oxygen atoms in total. The quantitative estimate of drug-likeness (QED) is 0.798. The van der Waals surface area contributed by atoms with Gasteiger partial charge in [0, 0.05) is 30.0 Å². The molecule has 0 radical (unpaired) electrons. The number of aryl methyl sites for hydroxylation is 2. The fourth-order valence-electron chi connectivity index (χ4n) is 2.85. The van der Waals surface area contributed by atoms with Crippen LogP contribution in [-0.4, -0.2) is 21.6 Å². The Bertz CT molecular complexity index is 760. The maximum atomic E-state index is 4.62. The first-order chi connectivity index (χ1) is 10.2. The number of fused-ring (bicyclic) bond motifs is 1. The largest absolute Gasteiger partial charge is 0.334 e. The summed E-state index contributed by atoms with van der Waals surface area (Å²) in [5.41, 5.74) is 3.28. The first-order valence-electron chi connectivity index (χ1n) is 7.29. The summed E-state index contributed by atoms with van der Waals surface area (Å²) in [5, 5.41) is 4.58. The van der Waals surface area contributed by atoms with Gasteiger partial charge in [-0.05, 0) is 38.6 Å². The summed E-state index contributed by atoms with van der Waals surface area (Å²) < 4.78 is 2.17. The molecule has 0 saturated carbocycles. The van der Waals surface area contributed by atoms with Gasteiger partial charge in [0.2, 0.25) is 0 Å². The molecular weight excluding hydrogens is 260 g/mol. The number of nitrogens with one attached hydrogen (secondary N) is 1. The predicted octanol–water partition coefficient (Wildman–Crippen LogP) is 3.07. The Hall–Kier alpha value is -2.20. The zero-order chi connectivity index (χ0) is 14.8. The summed E-state index contributed by atoms with van der Waals surface area (Å²) >= 11 is 0. The lowest BCUT2D eigenvalue weighted by atomic mass is 10.00. The SMILES string of the molecule is CCn1ccnc1C(NC)c1cc(C)nc2ccccc12. The van der Waals surface area contributed by atoms with Gasteiger partial charge in [0.1, 0.15) is 5.82 Å². The van der Waals surface area contributed by atoms with Crippen LogP contribution < -0.4 is 5.32 Å². The molecule has 0 amide bonds. The smallest absolute Gasteiger partial charge is 0.130 e. The van der Waals surface area contributed by atoms with Gasteiger partial charge in [-0.1, -0.05) is 18.2 Å². The van der Waals surface area contributed by atoms with Crippen molar-refractivity contribution in [2.75, 3.05) is 7.05 Å². The van der Waals surface area contributed by atoms with Crippen LogP contribution in [0.4, 0.5) is 0 Å². The third-order valence-corrected chi connectivity index (χ3v) is 3.82. The van der Waals surface area contributed by atoms with Crippen molar-refractivity contribution in [3.8, 4) is 0 Å². The van der Waals surface area contributed by atoms with Gasteiger partial charge in [-0.3, -0.25) is 4.98 Å². The number of rotatable bonds is 4. The molecule has 0 spiro atoms. The molecule has 3 aromatic rings. The molecule has 1 aromatic carbocycles. The fourth-order valence-corrected chi connectivity index (χ4v) is 2.85. The van der Waals surface area contributed by atoms with Gasteiger partial charge in [0.05, 0.1) is 11.6 Å². The molecule has 1 atom stereocenters. The van der Waals surface area contributed by atoms with Gasteiger partial charge in [0.25, 0.3) is 0 Å². The van der Waals surface area contributed by atoms with E-state index in [1.165, 1.54) is 10.9 Å². The Morgan fingerprint density at radius 1 is 1.29 bits per heavy atom. The van der Waals surface area contributed by atoms with Crippen LogP contribution in [0.15, 0.2) is 42.7 Å². The Morgan fingerprint density at radius 2 is 2.10 bits per heavy atom. The Kier molecular flexibility index (Phi) is 3.71. The first-order valence-corrected chi connectivity index (χ1v) is 7.29. The molecule has 0 bridgehead atoms. The number of para-hydroxylation sites is 1. The van der Waals surface area contributed by atoms with Crippen molar-refractivity contribution in [3.63, 3.8) is 0 Å². The number of hydrogen-bond acceptors (Lipinski definition) is 3. The molecular formula is C17H20N4. The van der Waals surface area contributed by atoms with Gasteiger partial charge >= 0.3 is 0 Å². The highest BCUT2D eigenvalue weighted by Gasteiger charge is 2.20. The number of nitrogens with zero attached hydrogens (tertiary/aromatic N) is 3. The summed E-state index contributed by atoms with van der Waals surface area (Å²) in [7, 11) is 1.98. The second-order valence-electron chi connectivity index (χ2n) is 5.16. The van der Waals surface area contributed by atoms with Gasteiger partial charge in [-0.15, -0.1) is 0 Å². The summed E-state index contributed by atoms with van der Waals surface area (Å²) in [6, 6.07) is 10.5. The van der Waals surface area contributed by atoms with Crippen molar-refractivity contribution >= 4 is 10.9 Å². The molecule has 0 aliphatic carbocycles. The molecule has 1 unspecified atom stereocenters. The maximum Gasteiger partial charge on any atom is 0.130 e. The number of hydrogen-bond donors (Lipinski definition) is 1. The molecule has 0 aliphatic heterocycles. The van der Waals surface area contributed by atoms with Crippen molar-refractivity contribution < 1.29 is 0 Å². The molecule has 0 aliphatic rings. The molecule has 2 aromatic heterocycles. The van der Waals surface area contributed by atoms with Crippen LogP contribution >= 0.6 is 0 Å². The zero-order valence-corrected chi connectivity index (χ0v) is 12.7. The average molecular weight is 280 g/mol. The van der Waals surface area contributed by atoms with Crippen molar-refractivity contribution in [1.29, 1.82) is 0 Å². The van der Waals surface area contributed by atoms with E-state index in [2.05, 4.69) is 51.0 Å². The van der Waals surface area contributed by atoms with Crippen molar-refractivity contribution in [2.24, 2.45) is 0 Å². The third-order valence-electron chi connectivity index (χ3n) is 3.82. The number of aromatic nitrogens is 3. The van der Waals surface area contributed by atoms with E-state index in [-0.39, 0.29) is 6.04 Å². The summed E-state index contributed by atoms with van der Waals surface area (Å²) in [4.78, 5) is 9.17. The van der Waals surface area contributed by atoms with Gasteiger partial charge in [-0.2, -0.15) is 0 Å². The summed E-state index contributed by atoms with van der Waals surface area (Å²) in [6.07, 6.45) is 3.88. The van der Waals surface area contributed by atoms with E-state index in [0.29, 0.717) is 0 Å². The van der Waals surface area contributed by atoms with E-state index in [4.69, 9.17) is 0 Å².